The third kappa shape index (κ3) is 3.67. The van der Waals surface area contributed by atoms with Gasteiger partial charge in [-0.25, -0.2) is 0 Å². The summed E-state index contributed by atoms with van der Waals surface area (Å²) in [4.78, 5) is 14.2. The zero-order chi connectivity index (χ0) is 14.8. The smallest absolute Gasteiger partial charge is 0.254 e. The molecule has 0 spiro atoms. The molecule has 5 heteroatoms. The quantitative estimate of drug-likeness (QED) is 0.789. The van der Waals surface area contributed by atoms with Crippen LogP contribution in [-0.4, -0.2) is 46.7 Å². The van der Waals surface area contributed by atoms with Gasteiger partial charge in [0, 0.05) is 30.8 Å². The summed E-state index contributed by atoms with van der Waals surface area (Å²) in [7, 11) is 0. The van der Waals surface area contributed by atoms with Crippen LogP contribution >= 0.6 is 0 Å². The Bertz CT molecular complexity index is 500. The standard InChI is InChI=1S/C16H22N2O3/c19-14-7-12(8-15(20)9-14)16(21)18-5-3-13(4-6-18)17-10-11-1-2-11/h7-9,11,13,17,19-20H,1-6,10H2. The number of likely N-dealkylation sites (tertiary alicyclic amines) is 1. The van der Waals surface area contributed by atoms with E-state index in [2.05, 4.69) is 5.32 Å². The minimum atomic E-state index is -0.123. The van der Waals surface area contributed by atoms with Gasteiger partial charge in [-0.3, -0.25) is 4.79 Å². The zero-order valence-corrected chi connectivity index (χ0v) is 12.1. The average molecular weight is 290 g/mol. The number of piperidine rings is 1. The Morgan fingerprint density at radius 3 is 2.29 bits per heavy atom. The van der Waals surface area contributed by atoms with Crippen LogP contribution in [0.3, 0.4) is 0 Å². The topological polar surface area (TPSA) is 72.8 Å². The number of nitrogens with one attached hydrogen (secondary N) is 1. The third-order valence-electron chi connectivity index (χ3n) is 4.32. The number of hydrogen-bond donors (Lipinski definition) is 3. The molecule has 114 valence electrons. The lowest BCUT2D eigenvalue weighted by molar-refractivity contribution is 0.0704. The molecule has 1 aromatic carbocycles. The van der Waals surface area contributed by atoms with Gasteiger partial charge in [0.2, 0.25) is 0 Å². The maximum absolute atomic E-state index is 12.4. The number of carbonyl (C=O) groups is 1. The minimum absolute atomic E-state index is 0.0839. The summed E-state index contributed by atoms with van der Waals surface area (Å²) in [5.74, 6) is 0.584. The first-order valence-electron chi connectivity index (χ1n) is 7.67. The molecule has 2 aliphatic rings. The van der Waals surface area contributed by atoms with Crippen molar-refractivity contribution in [2.75, 3.05) is 19.6 Å². The average Bonchev–Trinajstić information content (AvgIpc) is 3.28. The second-order valence-electron chi connectivity index (χ2n) is 6.16. The SMILES string of the molecule is O=C(c1cc(O)cc(O)c1)N1CCC(NCC2CC2)CC1. The molecule has 1 aromatic rings. The number of phenolic OH excluding ortho intramolecular Hbond substituents is 2. The molecule has 21 heavy (non-hydrogen) atoms. The fourth-order valence-corrected chi connectivity index (χ4v) is 2.84. The number of aromatic hydroxyl groups is 2. The first-order valence-corrected chi connectivity index (χ1v) is 7.67. The van der Waals surface area contributed by atoms with E-state index in [1.54, 1.807) is 4.90 Å². The van der Waals surface area contributed by atoms with Crippen LogP contribution in [-0.2, 0) is 0 Å². The summed E-state index contributed by atoms with van der Waals surface area (Å²) in [5, 5.41) is 22.5. The van der Waals surface area contributed by atoms with Crippen molar-refractivity contribution in [3.63, 3.8) is 0 Å². The highest BCUT2D eigenvalue weighted by Gasteiger charge is 2.26. The third-order valence-corrected chi connectivity index (χ3v) is 4.32. The maximum atomic E-state index is 12.4. The number of nitrogens with zero attached hydrogens (tertiary/aromatic N) is 1. The zero-order valence-electron chi connectivity index (χ0n) is 12.1. The lowest BCUT2D eigenvalue weighted by Gasteiger charge is -2.32. The van der Waals surface area contributed by atoms with E-state index < -0.39 is 0 Å². The van der Waals surface area contributed by atoms with Gasteiger partial charge in [0.25, 0.3) is 5.91 Å². The predicted molar refractivity (Wildman–Crippen MR) is 79.4 cm³/mol. The summed E-state index contributed by atoms with van der Waals surface area (Å²) < 4.78 is 0. The van der Waals surface area contributed by atoms with Crippen LogP contribution in [0.5, 0.6) is 11.5 Å². The normalized spacial score (nSPS) is 19.7. The predicted octanol–water partition coefficient (Wildman–Crippen LogP) is 1.70. The van der Waals surface area contributed by atoms with Crippen molar-refractivity contribution in [1.82, 2.24) is 10.2 Å². The van der Waals surface area contributed by atoms with Crippen LogP contribution in [0.1, 0.15) is 36.0 Å². The summed E-state index contributed by atoms with van der Waals surface area (Å²) in [6.07, 6.45) is 4.63. The van der Waals surface area contributed by atoms with Crippen LogP contribution in [0.4, 0.5) is 0 Å². The number of amides is 1. The van der Waals surface area contributed by atoms with E-state index in [-0.39, 0.29) is 17.4 Å². The van der Waals surface area contributed by atoms with Crippen molar-refractivity contribution in [3.8, 4) is 11.5 Å². The van der Waals surface area contributed by atoms with Crippen LogP contribution in [0, 0.1) is 5.92 Å². The van der Waals surface area contributed by atoms with E-state index >= 15 is 0 Å². The van der Waals surface area contributed by atoms with Gasteiger partial charge in [0.15, 0.2) is 0 Å². The highest BCUT2D eigenvalue weighted by atomic mass is 16.3. The number of carbonyl (C=O) groups excluding carboxylic acids is 1. The van der Waals surface area contributed by atoms with Crippen molar-refractivity contribution in [2.24, 2.45) is 5.92 Å². The molecule has 1 aliphatic heterocycles. The second-order valence-corrected chi connectivity index (χ2v) is 6.16. The maximum Gasteiger partial charge on any atom is 0.254 e. The van der Waals surface area contributed by atoms with Gasteiger partial charge in [-0.15, -0.1) is 0 Å². The molecule has 1 saturated heterocycles. The van der Waals surface area contributed by atoms with Gasteiger partial charge >= 0.3 is 0 Å². The number of hydrogen-bond acceptors (Lipinski definition) is 4. The fourth-order valence-electron chi connectivity index (χ4n) is 2.84. The Morgan fingerprint density at radius 1 is 1.10 bits per heavy atom. The highest BCUT2D eigenvalue weighted by molar-refractivity contribution is 5.95. The molecule has 0 bridgehead atoms. The molecule has 0 radical (unpaired) electrons. The second kappa shape index (κ2) is 5.93. The molecule has 1 aliphatic carbocycles. The van der Waals surface area contributed by atoms with E-state index in [0.717, 1.165) is 38.4 Å². The van der Waals surface area contributed by atoms with E-state index in [1.165, 1.54) is 31.0 Å². The lowest BCUT2D eigenvalue weighted by Crippen LogP contribution is -2.45. The van der Waals surface area contributed by atoms with Gasteiger partial charge in [-0.2, -0.15) is 0 Å². The summed E-state index contributed by atoms with van der Waals surface area (Å²) in [5.41, 5.74) is 0.344. The number of rotatable bonds is 4. The summed E-state index contributed by atoms with van der Waals surface area (Å²) in [6, 6.07) is 4.54. The lowest BCUT2D eigenvalue weighted by atomic mass is 10.0. The van der Waals surface area contributed by atoms with Crippen LogP contribution in [0.15, 0.2) is 18.2 Å². The Morgan fingerprint density at radius 2 is 1.71 bits per heavy atom. The first-order chi connectivity index (χ1) is 10.1. The molecule has 0 unspecified atom stereocenters. The molecule has 3 N–H and O–H groups in total. The highest BCUT2D eigenvalue weighted by Crippen LogP contribution is 2.28. The minimum Gasteiger partial charge on any atom is -0.508 e. The van der Waals surface area contributed by atoms with Crippen molar-refractivity contribution in [1.29, 1.82) is 0 Å². The molecule has 1 saturated carbocycles. The molecular weight excluding hydrogens is 268 g/mol. The van der Waals surface area contributed by atoms with Gasteiger partial charge in [-0.1, -0.05) is 0 Å². The van der Waals surface area contributed by atoms with E-state index in [1.807, 2.05) is 0 Å². The van der Waals surface area contributed by atoms with E-state index in [9.17, 15) is 15.0 Å². The fraction of sp³-hybridized carbons (Fsp3) is 0.562. The molecule has 3 rings (SSSR count). The van der Waals surface area contributed by atoms with Crippen LogP contribution < -0.4 is 5.32 Å². The van der Waals surface area contributed by atoms with Gasteiger partial charge in [0.05, 0.1) is 0 Å². The van der Waals surface area contributed by atoms with Crippen molar-refractivity contribution >= 4 is 5.91 Å². The van der Waals surface area contributed by atoms with Crippen LogP contribution in [0.2, 0.25) is 0 Å². The molecule has 0 atom stereocenters. The molecule has 1 heterocycles. The van der Waals surface area contributed by atoms with Crippen molar-refractivity contribution in [3.05, 3.63) is 23.8 Å². The van der Waals surface area contributed by atoms with Gasteiger partial charge in [0.1, 0.15) is 11.5 Å². The molecule has 1 amide bonds. The molecule has 5 nitrogen and oxygen atoms in total. The Balaban J connectivity index is 1.54. The van der Waals surface area contributed by atoms with Crippen molar-refractivity contribution in [2.45, 2.75) is 31.7 Å². The molecular formula is C16H22N2O3. The van der Waals surface area contributed by atoms with E-state index in [4.69, 9.17) is 0 Å². The molecule has 2 fully saturated rings. The van der Waals surface area contributed by atoms with Crippen LogP contribution in [0.25, 0.3) is 0 Å². The van der Waals surface area contributed by atoms with Gasteiger partial charge in [-0.05, 0) is 50.3 Å². The van der Waals surface area contributed by atoms with E-state index in [0.29, 0.717) is 11.6 Å². The number of phenols is 2. The summed E-state index contributed by atoms with van der Waals surface area (Å²) in [6.45, 7) is 2.55. The Hall–Kier alpha value is -1.75. The molecule has 0 aromatic heterocycles. The van der Waals surface area contributed by atoms with Crippen molar-refractivity contribution < 1.29 is 15.0 Å². The van der Waals surface area contributed by atoms with Gasteiger partial charge < -0.3 is 20.4 Å². The first kappa shape index (κ1) is 14.2. The summed E-state index contributed by atoms with van der Waals surface area (Å²) >= 11 is 0. The Kier molecular flexibility index (Phi) is 4.01. The monoisotopic (exact) mass is 290 g/mol. The Labute approximate surface area is 124 Å². The largest absolute Gasteiger partial charge is 0.508 e. The number of benzene rings is 1.